The summed E-state index contributed by atoms with van der Waals surface area (Å²) in [4.78, 5) is 2.16. The van der Waals surface area contributed by atoms with Crippen molar-refractivity contribution in [1.29, 1.82) is 4.78 Å². The van der Waals surface area contributed by atoms with E-state index in [1.165, 1.54) is 17.7 Å². The summed E-state index contributed by atoms with van der Waals surface area (Å²) in [5.74, 6) is -0.434. The predicted octanol–water partition coefficient (Wildman–Crippen LogP) is 6.09. The fraction of sp³-hybridized carbons (Fsp3) is 0.217. The average Bonchev–Trinajstić information content (AvgIpc) is 2.90. The Kier molecular flexibility index (Phi) is 6.56. The second-order valence-electron chi connectivity index (χ2n) is 7.52. The van der Waals surface area contributed by atoms with E-state index in [0.29, 0.717) is 11.6 Å². The van der Waals surface area contributed by atoms with Gasteiger partial charge in [0.25, 0.3) is 0 Å². The van der Waals surface area contributed by atoms with Crippen molar-refractivity contribution in [2.45, 2.75) is 24.1 Å². The molecule has 1 aliphatic heterocycles. The number of hydrogen-bond acceptors (Lipinski definition) is 4. The van der Waals surface area contributed by atoms with Crippen LogP contribution in [-0.2, 0) is 22.8 Å². The second kappa shape index (κ2) is 9.24. The first-order valence-corrected chi connectivity index (χ1v) is 12.1. The van der Waals surface area contributed by atoms with E-state index in [2.05, 4.69) is 20.4 Å². The SMILES string of the molecule is N=S(=O)(NCCN1c2ccccc2CCc2ccc(Cl)cc21)c1ccc(OC(F)(F)F)cc1. The summed E-state index contributed by atoms with van der Waals surface area (Å²) < 4.78 is 64.7. The molecule has 3 aromatic carbocycles. The molecule has 4 rings (SSSR count). The number of ether oxygens (including phenoxy) is 1. The third-order valence-electron chi connectivity index (χ3n) is 5.31. The molecule has 10 heteroatoms. The van der Waals surface area contributed by atoms with Crippen molar-refractivity contribution in [1.82, 2.24) is 4.72 Å². The quantitative estimate of drug-likeness (QED) is 0.435. The van der Waals surface area contributed by atoms with Crippen molar-refractivity contribution in [3.8, 4) is 5.75 Å². The van der Waals surface area contributed by atoms with Gasteiger partial charge in [0.2, 0.25) is 0 Å². The van der Waals surface area contributed by atoms with Crippen LogP contribution in [0.25, 0.3) is 0 Å². The Labute approximate surface area is 195 Å². The zero-order valence-electron chi connectivity index (χ0n) is 17.4. The van der Waals surface area contributed by atoms with Gasteiger partial charge in [-0.2, -0.15) is 0 Å². The van der Waals surface area contributed by atoms with E-state index in [9.17, 15) is 17.4 Å². The van der Waals surface area contributed by atoms with Crippen LogP contribution in [0.1, 0.15) is 11.1 Å². The molecule has 1 unspecified atom stereocenters. The standard InChI is InChI=1S/C23H21ClF3N3O2S/c24-18-8-7-17-6-5-16-3-1-2-4-21(16)30(22(17)15-18)14-13-29-33(28,31)20-11-9-19(10-12-20)32-23(25,26)27/h1-4,7-12,15H,5-6,13-14H2,(H2,28,29,31). The van der Waals surface area contributed by atoms with Gasteiger partial charge >= 0.3 is 6.36 Å². The number of halogens is 4. The summed E-state index contributed by atoms with van der Waals surface area (Å²) in [6.07, 6.45) is -3.09. The van der Waals surface area contributed by atoms with E-state index in [4.69, 9.17) is 16.4 Å². The molecule has 5 nitrogen and oxygen atoms in total. The van der Waals surface area contributed by atoms with Gasteiger partial charge in [0.1, 0.15) is 15.7 Å². The van der Waals surface area contributed by atoms with Crippen LogP contribution in [-0.4, -0.2) is 23.7 Å². The lowest BCUT2D eigenvalue weighted by Crippen LogP contribution is -2.32. The molecule has 1 aliphatic rings. The van der Waals surface area contributed by atoms with Crippen LogP contribution in [0, 0.1) is 4.78 Å². The van der Waals surface area contributed by atoms with Gasteiger partial charge in [0.15, 0.2) is 0 Å². The van der Waals surface area contributed by atoms with E-state index in [-0.39, 0.29) is 11.4 Å². The smallest absolute Gasteiger partial charge is 0.406 e. The largest absolute Gasteiger partial charge is 0.573 e. The monoisotopic (exact) mass is 495 g/mol. The minimum Gasteiger partial charge on any atom is -0.406 e. The Morgan fingerprint density at radius 2 is 1.67 bits per heavy atom. The van der Waals surface area contributed by atoms with Gasteiger partial charge < -0.3 is 9.64 Å². The lowest BCUT2D eigenvalue weighted by Gasteiger charge is -2.27. The highest BCUT2D eigenvalue weighted by molar-refractivity contribution is 7.90. The number of rotatable bonds is 6. The Balaban J connectivity index is 1.52. The molecule has 0 fully saturated rings. The molecule has 1 atom stereocenters. The fourth-order valence-electron chi connectivity index (χ4n) is 3.84. The molecule has 0 spiro atoms. The maximum absolute atomic E-state index is 12.9. The average molecular weight is 496 g/mol. The highest BCUT2D eigenvalue weighted by atomic mass is 35.5. The summed E-state index contributed by atoms with van der Waals surface area (Å²) in [6, 6.07) is 18.3. The summed E-state index contributed by atoms with van der Waals surface area (Å²) >= 11 is 6.26. The maximum atomic E-state index is 12.9. The molecule has 2 N–H and O–H groups in total. The van der Waals surface area contributed by atoms with Crippen molar-refractivity contribution in [3.05, 3.63) is 82.9 Å². The molecule has 0 amide bonds. The minimum atomic E-state index is -4.81. The predicted molar refractivity (Wildman–Crippen MR) is 123 cm³/mol. The van der Waals surface area contributed by atoms with Crippen molar-refractivity contribution >= 4 is 32.9 Å². The van der Waals surface area contributed by atoms with Gasteiger partial charge in [-0.25, -0.2) is 13.7 Å². The zero-order chi connectivity index (χ0) is 23.6. The maximum Gasteiger partial charge on any atom is 0.573 e. The van der Waals surface area contributed by atoms with Crippen LogP contribution in [0.3, 0.4) is 0 Å². The normalized spacial score (nSPS) is 15.2. The number of nitrogens with one attached hydrogen (secondary N) is 2. The molecule has 1 heterocycles. The molecule has 0 radical (unpaired) electrons. The van der Waals surface area contributed by atoms with Crippen molar-refractivity contribution in [3.63, 3.8) is 0 Å². The van der Waals surface area contributed by atoms with Crippen LogP contribution in [0.2, 0.25) is 5.02 Å². The molecule has 0 saturated carbocycles. The number of aryl methyl sites for hydroxylation is 2. The van der Waals surface area contributed by atoms with Crippen LogP contribution >= 0.6 is 11.6 Å². The molecule has 0 saturated heterocycles. The van der Waals surface area contributed by atoms with Gasteiger partial charge in [-0.15, -0.1) is 13.2 Å². The number of anilines is 2. The van der Waals surface area contributed by atoms with Gasteiger partial charge in [0.05, 0.1) is 4.90 Å². The van der Waals surface area contributed by atoms with E-state index in [1.54, 1.807) is 0 Å². The molecule has 3 aromatic rings. The van der Waals surface area contributed by atoms with Crippen LogP contribution in [0.4, 0.5) is 24.5 Å². The summed E-state index contributed by atoms with van der Waals surface area (Å²) in [5.41, 5.74) is 4.30. The molecular formula is C23H21ClF3N3O2S. The molecule has 0 bridgehead atoms. The van der Waals surface area contributed by atoms with Crippen LogP contribution < -0.4 is 14.4 Å². The molecule has 0 aromatic heterocycles. The first-order chi connectivity index (χ1) is 15.6. The van der Waals surface area contributed by atoms with Crippen LogP contribution in [0.15, 0.2) is 71.6 Å². The summed E-state index contributed by atoms with van der Waals surface area (Å²) in [7, 11) is -3.43. The summed E-state index contributed by atoms with van der Waals surface area (Å²) in [6.45, 7) is 0.610. The number of fused-ring (bicyclic) bond motifs is 2. The van der Waals surface area contributed by atoms with Gasteiger partial charge in [0, 0.05) is 29.5 Å². The van der Waals surface area contributed by atoms with Gasteiger partial charge in [-0.05, 0) is 66.4 Å². The molecule has 33 heavy (non-hydrogen) atoms. The lowest BCUT2D eigenvalue weighted by atomic mass is 10.0. The van der Waals surface area contributed by atoms with E-state index in [0.717, 1.165) is 41.9 Å². The first-order valence-electron chi connectivity index (χ1n) is 10.2. The van der Waals surface area contributed by atoms with E-state index in [1.807, 2.05) is 36.4 Å². The fourth-order valence-corrected chi connectivity index (χ4v) is 5.07. The Morgan fingerprint density at radius 1 is 1.00 bits per heavy atom. The zero-order valence-corrected chi connectivity index (χ0v) is 18.9. The van der Waals surface area contributed by atoms with Gasteiger partial charge in [-0.1, -0.05) is 35.9 Å². The number of nitrogens with zero attached hydrogens (tertiary/aromatic N) is 1. The third-order valence-corrected chi connectivity index (χ3v) is 7.10. The second-order valence-corrected chi connectivity index (χ2v) is 9.83. The Morgan fingerprint density at radius 3 is 2.36 bits per heavy atom. The Hall–Kier alpha value is -2.75. The number of benzene rings is 3. The Bertz CT molecular complexity index is 1250. The third kappa shape index (κ3) is 5.61. The van der Waals surface area contributed by atoms with E-state index < -0.39 is 22.0 Å². The van der Waals surface area contributed by atoms with Crippen molar-refractivity contribution in [2.75, 3.05) is 18.0 Å². The van der Waals surface area contributed by atoms with Crippen LogP contribution in [0.5, 0.6) is 5.75 Å². The molecular weight excluding hydrogens is 475 g/mol. The van der Waals surface area contributed by atoms with Gasteiger partial charge in [-0.3, -0.25) is 0 Å². The van der Waals surface area contributed by atoms with Crippen molar-refractivity contribution in [2.24, 2.45) is 0 Å². The lowest BCUT2D eigenvalue weighted by molar-refractivity contribution is -0.274. The number of para-hydroxylation sites is 1. The number of alkyl halides is 3. The first kappa shape index (κ1) is 23.4. The molecule has 174 valence electrons. The minimum absolute atomic E-state index is 0.0664. The number of hydrogen-bond donors (Lipinski definition) is 2. The highest BCUT2D eigenvalue weighted by Gasteiger charge is 2.31. The highest BCUT2D eigenvalue weighted by Crippen LogP contribution is 2.37. The van der Waals surface area contributed by atoms with Crippen molar-refractivity contribution < 1.29 is 22.1 Å². The molecule has 0 aliphatic carbocycles. The topological polar surface area (TPSA) is 65.4 Å². The van der Waals surface area contributed by atoms with E-state index >= 15 is 0 Å². The summed E-state index contributed by atoms with van der Waals surface area (Å²) in [5, 5.41) is 0.608.